The summed E-state index contributed by atoms with van der Waals surface area (Å²) in [6, 6.07) is 8.13. The molecule has 2 heteroatoms. The van der Waals surface area contributed by atoms with Crippen molar-refractivity contribution in [3.8, 4) is 0 Å². The van der Waals surface area contributed by atoms with Crippen molar-refractivity contribution in [3.63, 3.8) is 0 Å². The van der Waals surface area contributed by atoms with E-state index >= 15 is 0 Å². The van der Waals surface area contributed by atoms with Crippen LogP contribution in [0.5, 0.6) is 0 Å². The molecular weight excluding hydrogens is 162 g/mol. The van der Waals surface area contributed by atoms with Crippen molar-refractivity contribution >= 4 is 11.0 Å². The Morgan fingerprint density at radius 2 is 2.23 bits per heavy atom. The molecule has 0 aliphatic carbocycles. The normalized spacial score (nSPS) is 16.0. The van der Waals surface area contributed by atoms with Gasteiger partial charge < -0.3 is 9.73 Å². The topological polar surface area (TPSA) is 25.2 Å². The molecule has 13 heavy (non-hydrogen) atoms. The summed E-state index contributed by atoms with van der Waals surface area (Å²) in [5.74, 6) is 0.868. The highest BCUT2D eigenvalue weighted by Gasteiger charge is 2.17. The van der Waals surface area contributed by atoms with E-state index in [1.54, 1.807) is 0 Å². The van der Waals surface area contributed by atoms with Crippen molar-refractivity contribution in [1.82, 2.24) is 5.32 Å². The molecule has 1 aliphatic rings. The number of hydrogen-bond donors (Lipinski definition) is 1. The largest absolute Gasteiger partial charge is 0.459 e. The van der Waals surface area contributed by atoms with E-state index in [9.17, 15) is 0 Å². The molecule has 2 nitrogen and oxygen atoms in total. The van der Waals surface area contributed by atoms with Gasteiger partial charge in [0, 0.05) is 17.5 Å². The summed E-state index contributed by atoms with van der Waals surface area (Å²) in [5.41, 5.74) is 2.25. The number of nitrogens with one attached hydrogen (secondary N) is 1. The Bertz CT molecular complexity index is 444. The van der Waals surface area contributed by atoms with E-state index in [2.05, 4.69) is 17.9 Å². The van der Waals surface area contributed by atoms with Gasteiger partial charge in [-0.25, -0.2) is 0 Å². The summed E-state index contributed by atoms with van der Waals surface area (Å²) < 4.78 is 5.62. The van der Waals surface area contributed by atoms with Gasteiger partial charge in [0.15, 0.2) is 0 Å². The highest BCUT2D eigenvalue weighted by molar-refractivity contribution is 5.82. The van der Waals surface area contributed by atoms with E-state index in [1.807, 2.05) is 18.2 Å². The van der Waals surface area contributed by atoms with Crippen molar-refractivity contribution in [1.29, 1.82) is 0 Å². The van der Waals surface area contributed by atoms with Crippen LogP contribution < -0.4 is 5.32 Å². The van der Waals surface area contributed by atoms with Crippen LogP contribution in [0.1, 0.15) is 11.3 Å². The molecule has 0 spiro atoms. The van der Waals surface area contributed by atoms with Gasteiger partial charge in [-0.15, -0.1) is 0 Å². The van der Waals surface area contributed by atoms with E-state index in [0.717, 1.165) is 24.3 Å². The Kier molecular flexibility index (Phi) is 1.43. The Morgan fingerprint density at radius 1 is 1.31 bits per heavy atom. The fraction of sp³-hybridized carbons (Fsp3) is 0.182. The van der Waals surface area contributed by atoms with Crippen LogP contribution in [0.2, 0.25) is 0 Å². The molecule has 0 bridgehead atoms. The van der Waals surface area contributed by atoms with Crippen LogP contribution in [0.3, 0.4) is 0 Å². The third-order valence-corrected chi connectivity index (χ3v) is 2.40. The standard InChI is InChI=1S/C11H9NO/c1-2-4-10-8(3-1)9-5-6-12-7-11(9)13-10/h1-4,12H,5-6H2. The zero-order valence-corrected chi connectivity index (χ0v) is 7.13. The predicted octanol–water partition coefficient (Wildman–Crippen LogP) is 1.97. The molecule has 64 valence electrons. The van der Waals surface area contributed by atoms with Crippen molar-refractivity contribution in [2.45, 2.75) is 6.42 Å². The van der Waals surface area contributed by atoms with Gasteiger partial charge in [-0.3, -0.25) is 0 Å². The molecule has 0 amide bonds. The van der Waals surface area contributed by atoms with E-state index in [0.29, 0.717) is 0 Å². The lowest BCUT2D eigenvalue weighted by Gasteiger charge is -2.08. The number of hydrogen-bond acceptors (Lipinski definition) is 2. The Morgan fingerprint density at radius 3 is 3.23 bits per heavy atom. The highest BCUT2D eigenvalue weighted by Crippen LogP contribution is 2.28. The average molecular weight is 171 g/mol. The van der Waals surface area contributed by atoms with Gasteiger partial charge in [0.05, 0.1) is 0 Å². The van der Waals surface area contributed by atoms with E-state index in [4.69, 9.17) is 4.42 Å². The quantitative estimate of drug-likeness (QED) is 0.655. The number of para-hydroxylation sites is 1. The third-order valence-electron chi connectivity index (χ3n) is 2.40. The van der Waals surface area contributed by atoms with Gasteiger partial charge >= 0.3 is 0 Å². The summed E-state index contributed by atoms with van der Waals surface area (Å²) >= 11 is 0. The summed E-state index contributed by atoms with van der Waals surface area (Å²) in [6.07, 6.45) is 1.03. The monoisotopic (exact) mass is 171 g/mol. The molecule has 1 aromatic heterocycles. The lowest BCUT2D eigenvalue weighted by atomic mass is 10.1. The first-order valence-electron chi connectivity index (χ1n) is 4.44. The molecule has 2 aromatic rings. The molecule has 0 atom stereocenters. The van der Waals surface area contributed by atoms with E-state index in [1.165, 1.54) is 10.9 Å². The van der Waals surface area contributed by atoms with Crippen LogP contribution in [0.25, 0.3) is 11.0 Å². The van der Waals surface area contributed by atoms with Crippen molar-refractivity contribution < 1.29 is 4.42 Å². The zero-order valence-electron chi connectivity index (χ0n) is 7.13. The van der Waals surface area contributed by atoms with Crippen LogP contribution in [0.4, 0.5) is 0 Å². The lowest BCUT2D eigenvalue weighted by molar-refractivity contribution is 0.547. The molecule has 2 radical (unpaired) electrons. The minimum atomic E-state index is 0.868. The SMILES string of the molecule is [C]1NCCc2c1oc1ccccc21. The van der Waals surface area contributed by atoms with Crippen LogP contribution in [-0.4, -0.2) is 6.54 Å². The van der Waals surface area contributed by atoms with Gasteiger partial charge in [-0.05, 0) is 12.5 Å². The zero-order chi connectivity index (χ0) is 8.67. The first-order chi connectivity index (χ1) is 6.45. The lowest BCUT2D eigenvalue weighted by Crippen LogP contribution is -2.20. The van der Waals surface area contributed by atoms with Gasteiger partial charge in [-0.1, -0.05) is 18.2 Å². The Balaban J connectivity index is 2.34. The molecular formula is C11H9NO. The third kappa shape index (κ3) is 0.988. The molecule has 1 aliphatic heterocycles. The first kappa shape index (κ1) is 7.15. The molecule has 0 unspecified atom stereocenters. The molecule has 0 saturated heterocycles. The minimum Gasteiger partial charge on any atom is -0.459 e. The van der Waals surface area contributed by atoms with E-state index in [-0.39, 0.29) is 0 Å². The van der Waals surface area contributed by atoms with Crippen molar-refractivity contribution in [3.05, 3.63) is 42.1 Å². The van der Waals surface area contributed by atoms with Crippen LogP contribution in [0, 0.1) is 6.54 Å². The number of fused-ring (bicyclic) bond motifs is 3. The first-order valence-corrected chi connectivity index (χ1v) is 4.44. The van der Waals surface area contributed by atoms with Gasteiger partial charge in [0.2, 0.25) is 0 Å². The van der Waals surface area contributed by atoms with Gasteiger partial charge in [-0.2, -0.15) is 0 Å². The second kappa shape index (κ2) is 2.60. The molecule has 1 N–H and O–H groups in total. The Labute approximate surface area is 76.5 Å². The van der Waals surface area contributed by atoms with Crippen LogP contribution in [-0.2, 0) is 6.42 Å². The average Bonchev–Trinajstić information content (AvgIpc) is 2.56. The summed E-state index contributed by atoms with van der Waals surface area (Å²) in [5, 5.41) is 4.29. The van der Waals surface area contributed by atoms with Crippen LogP contribution in [0.15, 0.2) is 28.7 Å². The smallest absolute Gasteiger partial charge is 0.134 e. The predicted molar refractivity (Wildman–Crippen MR) is 50.3 cm³/mol. The van der Waals surface area contributed by atoms with Crippen molar-refractivity contribution in [2.75, 3.05) is 6.54 Å². The van der Waals surface area contributed by atoms with Crippen molar-refractivity contribution in [2.24, 2.45) is 0 Å². The summed E-state index contributed by atoms with van der Waals surface area (Å²) in [4.78, 5) is 0. The number of rotatable bonds is 0. The molecule has 0 saturated carbocycles. The fourth-order valence-corrected chi connectivity index (χ4v) is 1.78. The fourth-order valence-electron chi connectivity index (χ4n) is 1.78. The Hall–Kier alpha value is -1.28. The second-order valence-corrected chi connectivity index (χ2v) is 3.21. The summed E-state index contributed by atoms with van der Waals surface area (Å²) in [6.45, 7) is 3.99. The van der Waals surface area contributed by atoms with Crippen LogP contribution >= 0.6 is 0 Å². The highest BCUT2D eigenvalue weighted by atomic mass is 16.3. The van der Waals surface area contributed by atoms with E-state index < -0.39 is 0 Å². The maximum absolute atomic E-state index is 5.62. The minimum absolute atomic E-state index is 0.868. The maximum Gasteiger partial charge on any atom is 0.134 e. The maximum atomic E-state index is 5.62. The second-order valence-electron chi connectivity index (χ2n) is 3.21. The summed E-state index contributed by atoms with van der Waals surface area (Å²) in [7, 11) is 0. The molecule has 2 heterocycles. The molecule has 3 rings (SSSR count). The molecule has 0 fully saturated rings. The molecule has 1 aromatic carbocycles. The number of benzene rings is 1. The number of furan rings is 1. The van der Waals surface area contributed by atoms with Gasteiger partial charge in [0.1, 0.15) is 17.9 Å². The van der Waals surface area contributed by atoms with Gasteiger partial charge in [0.25, 0.3) is 0 Å².